The second kappa shape index (κ2) is 8.99. The molecule has 1 aliphatic rings. The van der Waals surface area contributed by atoms with Gasteiger partial charge in [-0.3, -0.25) is 14.6 Å². The number of amides is 1. The van der Waals surface area contributed by atoms with E-state index < -0.39 is 5.91 Å². The van der Waals surface area contributed by atoms with Gasteiger partial charge in [0.15, 0.2) is 5.43 Å². The van der Waals surface area contributed by atoms with Crippen molar-refractivity contribution < 1.29 is 9.18 Å². The highest BCUT2D eigenvalue weighted by atomic mass is 19.1. The van der Waals surface area contributed by atoms with Gasteiger partial charge in [0, 0.05) is 18.5 Å². The molecular weight excluding hydrogens is 369 g/mol. The monoisotopic (exact) mass is 395 g/mol. The van der Waals surface area contributed by atoms with Crippen LogP contribution in [0.2, 0.25) is 0 Å². The summed E-state index contributed by atoms with van der Waals surface area (Å²) in [4.78, 5) is 29.0. The van der Waals surface area contributed by atoms with Crippen LogP contribution in [0, 0.1) is 18.7 Å². The highest BCUT2D eigenvalue weighted by molar-refractivity contribution is 6.03. The molecule has 0 radical (unpaired) electrons. The number of benzene rings is 1. The first-order chi connectivity index (χ1) is 13.9. The lowest BCUT2D eigenvalue weighted by atomic mass is 9.78. The van der Waals surface area contributed by atoms with Crippen molar-refractivity contribution in [1.82, 2.24) is 9.97 Å². The third-order valence-electron chi connectivity index (χ3n) is 5.51. The minimum Gasteiger partial charge on any atom is -0.364 e. The first-order valence-electron chi connectivity index (χ1n) is 9.89. The molecular formula is C23H26FN3O2. The number of nitrogens with zero attached hydrogens (tertiary/aromatic N) is 1. The topological polar surface area (TPSA) is 88.8 Å². The summed E-state index contributed by atoms with van der Waals surface area (Å²) in [6.45, 7) is 4.35. The molecule has 0 saturated heterocycles. The summed E-state index contributed by atoms with van der Waals surface area (Å²) >= 11 is 0. The first-order valence-corrected chi connectivity index (χ1v) is 9.89. The molecule has 3 N–H and O–H groups in total. The van der Waals surface area contributed by atoms with Gasteiger partial charge in [0.05, 0.1) is 10.9 Å². The summed E-state index contributed by atoms with van der Waals surface area (Å²) in [5.41, 5.74) is 7.88. The number of halogens is 1. The molecule has 2 unspecified atom stereocenters. The van der Waals surface area contributed by atoms with E-state index in [9.17, 15) is 14.0 Å². The standard InChI is InChI=1S/C14H19F.C9H7N3O2/c1-10-4-3-5-12(8-10)14-7-6-13(15)9-11(14)2;10-9(14)8-7-5(1-3-12-8)11-4-2-6(7)13/h6-7,9-10,12H,3-5,8H2,1-2H3;1-4H,(H2,10,14)(H,11,13). The zero-order chi connectivity index (χ0) is 21.0. The fourth-order valence-electron chi connectivity index (χ4n) is 4.12. The predicted molar refractivity (Wildman–Crippen MR) is 112 cm³/mol. The maximum Gasteiger partial charge on any atom is 0.268 e. The second-order valence-electron chi connectivity index (χ2n) is 7.76. The number of hydrogen-bond donors (Lipinski definition) is 2. The van der Waals surface area contributed by atoms with Gasteiger partial charge in [-0.05, 0) is 60.9 Å². The van der Waals surface area contributed by atoms with E-state index in [1.807, 2.05) is 13.0 Å². The van der Waals surface area contributed by atoms with Crippen molar-refractivity contribution in [3.8, 4) is 0 Å². The maximum absolute atomic E-state index is 13.0. The van der Waals surface area contributed by atoms with Crippen LogP contribution < -0.4 is 11.2 Å². The molecule has 0 spiro atoms. The molecule has 1 fully saturated rings. The zero-order valence-corrected chi connectivity index (χ0v) is 16.7. The first kappa shape index (κ1) is 20.7. The number of nitrogens with one attached hydrogen (secondary N) is 1. The summed E-state index contributed by atoms with van der Waals surface area (Å²) in [5.74, 6) is 0.676. The fraction of sp³-hybridized carbons (Fsp3) is 0.348. The number of nitrogens with two attached hydrogens (primary N) is 1. The molecule has 5 nitrogen and oxygen atoms in total. The molecule has 1 amide bonds. The molecule has 1 aromatic carbocycles. The Morgan fingerprint density at radius 2 is 2.03 bits per heavy atom. The van der Waals surface area contributed by atoms with Gasteiger partial charge in [0.2, 0.25) is 0 Å². The van der Waals surface area contributed by atoms with E-state index in [0.29, 0.717) is 11.4 Å². The Hall–Kier alpha value is -3.02. The molecule has 1 saturated carbocycles. The molecule has 29 heavy (non-hydrogen) atoms. The maximum atomic E-state index is 13.0. The lowest BCUT2D eigenvalue weighted by Crippen LogP contribution is -2.17. The molecule has 2 atom stereocenters. The van der Waals surface area contributed by atoms with Crippen LogP contribution in [-0.4, -0.2) is 15.9 Å². The number of pyridine rings is 2. The van der Waals surface area contributed by atoms with Crippen LogP contribution in [0.3, 0.4) is 0 Å². The zero-order valence-electron chi connectivity index (χ0n) is 16.7. The summed E-state index contributed by atoms with van der Waals surface area (Å²) in [5, 5.41) is 0.238. The molecule has 0 bridgehead atoms. The van der Waals surface area contributed by atoms with Crippen LogP contribution in [0.5, 0.6) is 0 Å². The average Bonchev–Trinajstić information content (AvgIpc) is 2.68. The highest BCUT2D eigenvalue weighted by Gasteiger charge is 2.21. The highest BCUT2D eigenvalue weighted by Crippen LogP contribution is 2.37. The summed E-state index contributed by atoms with van der Waals surface area (Å²) in [7, 11) is 0. The Labute approximate surface area is 169 Å². The molecule has 152 valence electrons. The number of primary amides is 1. The van der Waals surface area contributed by atoms with Gasteiger partial charge in [0.25, 0.3) is 5.91 Å². The molecule has 6 heteroatoms. The summed E-state index contributed by atoms with van der Waals surface area (Å²) in [6.07, 6.45) is 8.16. The van der Waals surface area contributed by atoms with E-state index in [2.05, 4.69) is 16.9 Å². The van der Waals surface area contributed by atoms with Gasteiger partial charge < -0.3 is 10.7 Å². The number of H-pyrrole nitrogens is 1. The van der Waals surface area contributed by atoms with Crippen molar-refractivity contribution in [1.29, 1.82) is 0 Å². The lowest BCUT2D eigenvalue weighted by Gasteiger charge is -2.28. The van der Waals surface area contributed by atoms with E-state index in [4.69, 9.17) is 5.73 Å². The van der Waals surface area contributed by atoms with Crippen molar-refractivity contribution in [2.75, 3.05) is 0 Å². The number of carbonyl (C=O) groups is 1. The molecule has 3 aromatic rings. The third-order valence-corrected chi connectivity index (χ3v) is 5.51. The summed E-state index contributed by atoms with van der Waals surface area (Å²) < 4.78 is 13.0. The van der Waals surface area contributed by atoms with E-state index in [1.54, 1.807) is 18.2 Å². The molecule has 1 aliphatic carbocycles. The second-order valence-corrected chi connectivity index (χ2v) is 7.76. The minimum atomic E-state index is -0.702. The Bertz CT molecular complexity index is 1070. The van der Waals surface area contributed by atoms with E-state index in [0.717, 1.165) is 11.5 Å². The van der Waals surface area contributed by atoms with Gasteiger partial charge >= 0.3 is 0 Å². The smallest absolute Gasteiger partial charge is 0.268 e. The average molecular weight is 395 g/mol. The number of fused-ring (bicyclic) bond motifs is 1. The van der Waals surface area contributed by atoms with E-state index in [1.165, 1.54) is 49.7 Å². The van der Waals surface area contributed by atoms with Crippen LogP contribution in [0.15, 0.2) is 47.5 Å². The number of rotatable bonds is 2. The van der Waals surface area contributed by atoms with Crippen LogP contribution >= 0.6 is 0 Å². The lowest BCUT2D eigenvalue weighted by molar-refractivity contribution is 0.0997. The minimum absolute atomic E-state index is 0.00403. The number of hydrogen-bond acceptors (Lipinski definition) is 3. The van der Waals surface area contributed by atoms with Crippen molar-refractivity contribution in [2.24, 2.45) is 11.7 Å². The number of aromatic amines is 1. The van der Waals surface area contributed by atoms with Crippen molar-refractivity contribution >= 4 is 16.8 Å². The number of carbonyl (C=O) groups excluding carboxylic acids is 1. The Balaban J connectivity index is 0.000000166. The molecule has 2 aromatic heterocycles. The van der Waals surface area contributed by atoms with Crippen LogP contribution in [0.25, 0.3) is 10.9 Å². The van der Waals surface area contributed by atoms with Crippen LogP contribution in [-0.2, 0) is 0 Å². The number of aryl methyl sites for hydroxylation is 1. The Morgan fingerprint density at radius 1 is 1.24 bits per heavy atom. The van der Waals surface area contributed by atoms with Gasteiger partial charge in [-0.25, -0.2) is 4.39 Å². The third kappa shape index (κ3) is 4.88. The van der Waals surface area contributed by atoms with Crippen LogP contribution in [0.1, 0.15) is 60.1 Å². The van der Waals surface area contributed by atoms with Crippen molar-refractivity contribution in [3.05, 3.63) is 75.6 Å². The fourth-order valence-corrected chi connectivity index (χ4v) is 4.12. The van der Waals surface area contributed by atoms with Gasteiger partial charge in [-0.15, -0.1) is 0 Å². The van der Waals surface area contributed by atoms with E-state index in [-0.39, 0.29) is 22.3 Å². The largest absolute Gasteiger partial charge is 0.364 e. The van der Waals surface area contributed by atoms with E-state index >= 15 is 0 Å². The molecule has 4 rings (SSSR count). The van der Waals surface area contributed by atoms with Gasteiger partial charge in [-0.2, -0.15) is 0 Å². The predicted octanol–water partition coefficient (Wildman–Crippen LogP) is 4.45. The van der Waals surface area contributed by atoms with Crippen molar-refractivity contribution in [2.45, 2.75) is 45.4 Å². The Morgan fingerprint density at radius 3 is 2.72 bits per heavy atom. The number of aromatic nitrogens is 2. The summed E-state index contributed by atoms with van der Waals surface area (Å²) in [6, 6.07) is 8.18. The molecule has 2 heterocycles. The SMILES string of the molecule is Cc1cc(F)ccc1C1CCCC(C)C1.NC(=O)c1nccc2[nH]ccc(=O)c12. The Kier molecular flexibility index (Phi) is 6.42. The van der Waals surface area contributed by atoms with Crippen LogP contribution in [0.4, 0.5) is 4.39 Å². The quantitative estimate of drug-likeness (QED) is 0.672. The van der Waals surface area contributed by atoms with Gasteiger partial charge in [-0.1, -0.05) is 25.8 Å². The van der Waals surface area contributed by atoms with Gasteiger partial charge in [0.1, 0.15) is 11.5 Å². The molecule has 0 aliphatic heterocycles. The van der Waals surface area contributed by atoms with Crippen molar-refractivity contribution in [3.63, 3.8) is 0 Å². The normalized spacial score (nSPS) is 18.7.